The number of amides is 1. The second kappa shape index (κ2) is 26.2. The minimum absolute atomic E-state index is 0.260. The molecule has 12 N–H and O–H groups in total. The molecule has 0 radical (unpaired) electrons. The minimum atomic E-state index is -1.96. The van der Waals surface area contributed by atoms with E-state index in [1.54, 1.807) is 0 Å². The van der Waals surface area contributed by atoms with E-state index < -0.39 is 124 Å². The fourth-order valence-electron chi connectivity index (χ4n) is 7.31. The molecule has 17 unspecified atom stereocenters. The number of aliphatic hydroxyl groups is 11. The van der Waals surface area contributed by atoms with Gasteiger partial charge in [-0.25, -0.2) is 0 Å². The minimum Gasteiger partial charge on any atom is -0.394 e. The van der Waals surface area contributed by atoms with Crippen molar-refractivity contribution in [2.75, 3.05) is 26.4 Å². The zero-order valence-corrected chi connectivity index (χ0v) is 33.3. The Bertz CT molecular complexity index is 1090. The van der Waals surface area contributed by atoms with E-state index >= 15 is 0 Å². The molecule has 57 heavy (non-hydrogen) atoms. The number of hydrogen-bond donors (Lipinski definition) is 12. The molecular weight excluding hydrogens is 758 g/mol. The van der Waals surface area contributed by atoms with Crippen LogP contribution in [0.25, 0.3) is 0 Å². The predicted molar refractivity (Wildman–Crippen MR) is 199 cm³/mol. The molecule has 3 heterocycles. The van der Waals surface area contributed by atoms with Gasteiger partial charge in [-0.1, -0.05) is 84.5 Å². The highest BCUT2D eigenvalue weighted by Crippen LogP contribution is 2.33. The average Bonchev–Trinajstić information content (AvgIpc) is 3.20. The van der Waals surface area contributed by atoms with E-state index in [1.807, 2.05) is 0 Å². The molecule has 336 valence electrons. The Morgan fingerprint density at radius 1 is 0.561 bits per heavy atom. The number of nitrogens with one attached hydrogen (secondary N) is 1. The summed E-state index contributed by atoms with van der Waals surface area (Å²) in [6.45, 7) is 1.55. The van der Waals surface area contributed by atoms with Gasteiger partial charge in [-0.05, 0) is 12.8 Å². The molecule has 0 aromatic rings. The Balaban J connectivity index is 1.62. The molecule has 0 bridgehead atoms. The number of carbonyl (C=O) groups excluding carboxylic acids is 1. The normalized spacial score (nSPS) is 37.2. The first-order valence-electron chi connectivity index (χ1n) is 20.8. The summed E-state index contributed by atoms with van der Waals surface area (Å²) in [5.74, 6) is -0.260. The summed E-state index contributed by atoms with van der Waals surface area (Å²) in [5.41, 5.74) is 0. The smallest absolute Gasteiger partial charge is 0.220 e. The van der Waals surface area contributed by atoms with Crippen molar-refractivity contribution in [1.29, 1.82) is 0 Å². The van der Waals surface area contributed by atoms with Gasteiger partial charge >= 0.3 is 0 Å². The lowest BCUT2D eigenvalue weighted by Gasteiger charge is -2.48. The molecule has 0 saturated carbocycles. The SMILES string of the molecule is CCCCCCCCCC(=O)NC(COC1OC(CO)C(OC2OC(CO)C(OC3OC(CO)C(O)C(O)C3O)C(O)C2O)C(O)C1O)C(O)CCCCCCC. The van der Waals surface area contributed by atoms with E-state index in [0.717, 1.165) is 64.2 Å². The van der Waals surface area contributed by atoms with Crippen LogP contribution in [-0.4, -0.2) is 193 Å². The summed E-state index contributed by atoms with van der Waals surface area (Å²) in [6, 6.07) is -0.872. The van der Waals surface area contributed by atoms with Crippen LogP contribution in [0.1, 0.15) is 104 Å². The van der Waals surface area contributed by atoms with Crippen molar-refractivity contribution in [2.24, 2.45) is 0 Å². The number of aliphatic hydroxyl groups excluding tert-OH is 11. The number of rotatable bonds is 26. The van der Waals surface area contributed by atoms with Crippen molar-refractivity contribution < 1.29 is 89.4 Å². The van der Waals surface area contributed by atoms with Crippen LogP contribution >= 0.6 is 0 Å². The number of ether oxygens (including phenoxy) is 6. The number of unbranched alkanes of at least 4 members (excludes halogenated alkanes) is 10. The highest BCUT2D eigenvalue weighted by molar-refractivity contribution is 5.76. The second-order valence-electron chi connectivity index (χ2n) is 15.5. The Morgan fingerprint density at radius 3 is 1.53 bits per heavy atom. The van der Waals surface area contributed by atoms with Crippen molar-refractivity contribution in [3.63, 3.8) is 0 Å². The molecule has 3 aliphatic heterocycles. The van der Waals surface area contributed by atoms with E-state index in [9.17, 15) is 61.0 Å². The topological polar surface area (TPSA) is 307 Å². The lowest BCUT2D eigenvalue weighted by molar-refractivity contribution is -0.379. The highest BCUT2D eigenvalue weighted by atomic mass is 16.8. The quantitative estimate of drug-likeness (QED) is 0.0412. The third-order valence-electron chi connectivity index (χ3n) is 10.9. The second-order valence-corrected chi connectivity index (χ2v) is 15.5. The molecule has 0 spiro atoms. The van der Waals surface area contributed by atoms with Crippen molar-refractivity contribution >= 4 is 5.91 Å². The molecular formula is C38H71NO18. The third kappa shape index (κ3) is 14.7. The van der Waals surface area contributed by atoms with Gasteiger partial charge in [0, 0.05) is 6.42 Å². The maximum Gasteiger partial charge on any atom is 0.220 e. The van der Waals surface area contributed by atoms with E-state index in [-0.39, 0.29) is 18.9 Å². The van der Waals surface area contributed by atoms with Crippen molar-refractivity contribution in [3.8, 4) is 0 Å². The zero-order chi connectivity index (χ0) is 42.1. The summed E-state index contributed by atoms with van der Waals surface area (Å²) in [6.07, 6.45) is -13.7. The molecule has 1 amide bonds. The van der Waals surface area contributed by atoms with Crippen LogP contribution in [0.3, 0.4) is 0 Å². The van der Waals surface area contributed by atoms with Gasteiger partial charge in [-0.3, -0.25) is 4.79 Å². The Morgan fingerprint density at radius 2 is 1.00 bits per heavy atom. The Hall–Kier alpha value is -1.21. The molecule has 3 saturated heterocycles. The van der Waals surface area contributed by atoms with Crippen molar-refractivity contribution in [2.45, 2.75) is 208 Å². The highest BCUT2D eigenvalue weighted by Gasteiger charge is 2.53. The first-order chi connectivity index (χ1) is 27.3. The van der Waals surface area contributed by atoms with Crippen molar-refractivity contribution in [1.82, 2.24) is 5.32 Å². The van der Waals surface area contributed by atoms with E-state index in [4.69, 9.17) is 28.4 Å². The maximum atomic E-state index is 12.9. The molecule has 19 nitrogen and oxygen atoms in total. The van der Waals surface area contributed by atoms with Gasteiger partial charge in [0.15, 0.2) is 18.9 Å². The van der Waals surface area contributed by atoms with E-state index in [2.05, 4.69) is 19.2 Å². The molecule has 0 aliphatic carbocycles. The van der Waals surface area contributed by atoms with Gasteiger partial charge < -0.3 is 89.9 Å². The van der Waals surface area contributed by atoms with Gasteiger partial charge in [0.1, 0.15) is 73.2 Å². The first-order valence-corrected chi connectivity index (χ1v) is 20.8. The van der Waals surface area contributed by atoms with Crippen LogP contribution in [-0.2, 0) is 33.2 Å². The van der Waals surface area contributed by atoms with Crippen LogP contribution in [0.2, 0.25) is 0 Å². The summed E-state index contributed by atoms with van der Waals surface area (Å²) >= 11 is 0. The van der Waals surface area contributed by atoms with Gasteiger partial charge in [-0.2, -0.15) is 0 Å². The molecule has 3 fully saturated rings. The Labute approximate surface area is 334 Å². The molecule has 0 aromatic carbocycles. The molecule has 3 rings (SSSR count). The molecule has 19 heteroatoms. The van der Waals surface area contributed by atoms with Gasteiger partial charge in [0.25, 0.3) is 0 Å². The van der Waals surface area contributed by atoms with E-state index in [0.29, 0.717) is 12.8 Å². The van der Waals surface area contributed by atoms with Crippen LogP contribution < -0.4 is 5.32 Å². The average molecular weight is 830 g/mol. The van der Waals surface area contributed by atoms with Gasteiger partial charge in [0.05, 0.1) is 38.6 Å². The maximum absolute atomic E-state index is 12.9. The zero-order valence-electron chi connectivity index (χ0n) is 33.3. The fraction of sp³-hybridized carbons (Fsp3) is 0.974. The summed E-state index contributed by atoms with van der Waals surface area (Å²) < 4.78 is 33.8. The lowest BCUT2D eigenvalue weighted by Crippen LogP contribution is -2.66. The summed E-state index contributed by atoms with van der Waals surface area (Å²) in [7, 11) is 0. The summed E-state index contributed by atoms with van der Waals surface area (Å²) in [5, 5.41) is 118. The van der Waals surface area contributed by atoms with Crippen LogP contribution in [0, 0.1) is 0 Å². The molecule has 17 atom stereocenters. The lowest BCUT2D eigenvalue weighted by atomic mass is 9.96. The monoisotopic (exact) mass is 829 g/mol. The predicted octanol–water partition coefficient (Wildman–Crippen LogP) is -2.20. The first kappa shape index (κ1) is 50.1. The Kier molecular flexibility index (Phi) is 23.0. The van der Waals surface area contributed by atoms with Crippen molar-refractivity contribution in [3.05, 3.63) is 0 Å². The van der Waals surface area contributed by atoms with E-state index in [1.165, 1.54) is 6.42 Å². The molecule has 0 aromatic heterocycles. The number of carbonyl (C=O) groups is 1. The van der Waals surface area contributed by atoms with Crippen LogP contribution in [0.15, 0.2) is 0 Å². The largest absolute Gasteiger partial charge is 0.394 e. The number of hydrogen-bond acceptors (Lipinski definition) is 18. The van der Waals surface area contributed by atoms with Gasteiger partial charge in [-0.15, -0.1) is 0 Å². The van der Waals surface area contributed by atoms with Gasteiger partial charge in [0.2, 0.25) is 5.91 Å². The fourth-order valence-corrected chi connectivity index (χ4v) is 7.31. The standard InChI is InChI=1S/C38H71NO18/c1-3-5-7-9-10-12-14-16-26(44)39-21(22(43)15-13-11-8-6-4-2)20-52-36-32(50)29(47)34(24(18-41)54-36)57-38-33(51)30(48)35(25(19-42)55-38)56-37-31(49)28(46)27(45)23(17-40)53-37/h21-25,27-38,40-43,45-51H,3-20H2,1-2H3,(H,39,44). The third-order valence-corrected chi connectivity index (χ3v) is 10.9. The van der Waals surface area contributed by atoms with Crippen LogP contribution in [0.5, 0.6) is 0 Å². The summed E-state index contributed by atoms with van der Waals surface area (Å²) in [4.78, 5) is 12.9. The molecule has 3 aliphatic rings. The van der Waals surface area contributed by atoms with Crippen LogP contribution in [0.4, 0.5) is 0 Å².